The molecule has 1 heterocycles. The summed E-state index contributed by atoms with van der Waals surface area (Å²) in [5.41, 5.74) is -0.159. The van der Waals surface area contributed by atoms with Gasteiger partial charge >= 0.3 is 0 Å². The molecule has 0 saturated heterocycles. The van der Waals surface area contributed by atoms with E-state index in [1.54, 1.807) is 57.4 Å². The van der Waals surface area contributed by atoms with Crippen LogP contribution in [0, 0.1) is 5.92 Å². The number of ether oxygens (including phenoxy) is 2. The third-order valence-electron chi connectivity index (χ3n) is 6.29. The van der Waals surface area contributed by atoms with Gasteiger partial charge in [-0.05, 0) is 101 Å². The van der Waals surface area contributed by atoms with E-state index in [4.69, 9.17) is 14.3 Å². The quantitative estimate of drug-likeness (QED) is 0.340. The molecule has 0 N–H and O–H groups in total. The number of aromatic nitrogens is 1. The third kappa shape index (κ3) is 8.49. The SMILES string of the molecule is CCCOC1CCC(CC(=O)N(OC(C)(C)C)N(Cc2ccncc2)S(=O)(=O)c2ccc(OC)cc2)CC1. The summed E-state index contributed by atoms with van der Waals surface area (Å²) in [5.74, 6) is 0.257. The van der Waals surface area contributed by atoms with Gasteiger partial charge in [-0.2, -0.15) is 0 Å². The van der Waals surface area contributed by atoms with E-state index in [0.717, 1.165) is 48.3 Å². The van der Waals surface area contributed by atoms with Crippen LogP contribution in [0.4, 0.5) is 0 Å². The zero-order valence-corrected chi connectivity index (χ0v) is 23.9. The number of rotatable bonds is 12. The molecule has 9 nitrogen and oxygen atoms in total. The Kier molecular flexibility index (Phi) is 10.7. The Morgan fingerprint density at radius 3 is 2.21 bits per heavy atom. The predicted molar refractivity (Wildman–Crippen MR) is 144 cm³/mol. The van der Waals surface area contributed by atoms with Crippen LogP contribution in [0.3, 0.4) is 0 Å². The van der Waals surface area contributed by atoms with Crippen LogP contribution in [0.2, 0.25) is 0 Å². The largest absolute Gasteiger partial charge is 0.497 e. The van der Waals surface area contributed by atoms with Gasteiger partial charge in [-0.3, -0.25) is 9.78 Å². The second kappa shape index (κ2) is 13.5. The average molecular weight is 548 g/mol. The fourth-order valence-corrected chi connectivity index (χ4v) is 5.72. The molecule has 0 unspecified atom stereocenters. The molecule has 0 aliphatic heterocycles. The van der Waals surface area contributed by atoms with Crippen molar-refractivity contribution in [3.63, 3.8) is 0 Å². The molecule has 1 aromatic heterocycles. The molecular formula is C28H41N3O6S. The highest BCUT2D eigenvalue weighted by Gasteiger charge is 2.38. The molecule has 0 atom stereocenters. The Balaban J connectivity index is 1.91. The fraction of sp³-hybridized carbons (Fsp3) is 0.571. The minimum absolute atomic E-state index is 0.0243. The number of hydrazine groups is 1. The first-order valence-electron chi connectivity index (χ1n) is 13.2. The van der Waals surface area contributed by atoms with Gasteiger partial charge in [-0.15, -0.1) is 5.17 Å². The van der Waals surface area contributed by atoms with Gasteiger partial charge in [0, 0.05) is 25.4 Å². The number of hydrogen-bond acceptors (Lipinski definition) is 7. The Hall–Kier alpha value is -2.53. The number of carbonyl (C=O) groups is 1. The van der Waals surface area contributed by atoms with Gasteiger partial charge in [-0.25, -0.2) is 13.3 Å². The van der Waals surface area contributed by atoms with Crippen molar-refractivity contribution in [3.8, 4) is 5.75 Å². The molecular weight excluding hydrogens is 506 g/mol. The number of carbonyl (C=O) groups excluding carboxylic acids is 1. The number of nitrogens with zero attached hydrogens (tertiary/aromatic N) is 3. The minimum atomic E-state index is -4.18. The van der Waals surface area contributed by atoms with E-state index in [0.29, 0.717) is 11.3 Å². The summed E-state index contributed by atoms with van der Waals surface area (Å²) in [4.78, 5) is 23.9. The van der Waals surface area contributed by atoms with Gasteiger partial charge in [0.15, 0.2) is 0 Å². The lowest BCUT2D eigenvalue weighted by molar-refractivity contribution is -0.287. The monoisotopic (exact) mass is 547 g/mol. The maximum atomic E-state index is 14.0. The van der Waals surface area contributed by atoms with Crippen LogP contribution >= 0.6 is 0 Å². The van der Waals surface area contributed by atoms with E-state index >= 15 is 0 Å². The molecule has 1 amide bonds. The van der Waals surface area contributed by atoms with Crippen molar-refractivity contribution in [2.75, 3.05) is 13.7 Å². The molecule has 1 aliphatic carbocycles. The number of hydrogen-bond donors (Lipinski definition) is 0. The topological polar surface area (TPSA) is 98.3 Å². The van der Waals surface area contributed by atoms with Gasteiger partial charge in [0.2, 0.25) is 0 Å². The van der Waals surface area contributed by atoms with E-state index in [9.17, 15) is 13.2 Å². The first-order chi connectivity index (χ1) is 18.0. The number of amides is 1. The van der Waals surface area contributed by atoms with Crippen molar-refractivity contribution >= 4 is 15.9 Å². The van der Waals surface area contributed by atoms with Crippen molar-refractivity contribution in [3.05, 3.63) is 54.4 Å². The smallest absolute Gasteiger partial charge is 0.262 e. The molecule has 38 heavy (non-hydrogen) atoms. The molecule has 2 aromatic rings. The van der Waals surface area contributed by atoms with Crippen molar-refractivity contribution in [2.45, 2.75) is 89.4 Å². The number of methoxy groups -OCH3 is 1. The molecule has 3 rings (SSSR count). The number of hydroxylamine groups is 1. The normalized spacial score (nSPS) is 18.4. The average Bonchev–Trinajstić information content (AvgIpc) is 2.90. The lowest BCUT2D eigenvalue weighted by Gasteiger charge is -2.38. The molecule has 1 saturated carbocycles. The first kappa shape index (κ1) is 30.0. The maximum absolute atomic E-state index is 14.0. The van der Waals surface area contributed by atoms with Crippen molar-refractivity contribution < 1.29 is 27.5 Å². The predicted octanol–water partition coefficient (Wildman–Crippen LogP) is 5.13. The van der Waals surface area contributed by atoms with Gasteiger partial charge in [0.05, 0.1) is 30.3 Å². The minimum Gasteiger partial charge on any atom is -0.497 e. The molecule has 210 valence electrons. The van der Waals surface area contributed by atoms with Crippen LogP contribution in [-0.4, -0.2) is 54.3 Å². The van der Waals surface area contributed by atoms with E-state index in [-0.39, 0.29) is 29.9 Å². The van der Waals surface area contributed by atoms with Gasteiger partial charge in [-0.1, -0.05) is 11.3 Å². The van der Waals surface area contributed by atoms with Gasteiger partial charge < -0.3 is 9.47 Å². The third-order valence-corrected chi connectivity index (χ3v) is 7.99. The number of sulfonamides is 1. The number of benzene rings is 1. The summed E-state index contributed by atoms with van der Waals surface area (Å²) in [7, 11) is -2.67. The zero-order chi connectivity index (χ0) is 27.8. The molecule has 1 fully saturated rings. The lowest BCUT2D eigenvalue weighted by Crippen LogP contribution is -2.52. The van der Waals surface area contributed by atoms with E-state index in [2.05, 4.69) is 11.9 Å². The second-order valence-electron chi connectivity index (χ2n) is 10.6. The summed E-state index contributed by atoms with van der Waals surface area (Å²) >= 11 is 0. The van der Waals surface area contributed by atoms with Crippen LogP contribution in [-0.2, 0) is 30.9 Å². The lowest BCUT2D eigenvalue weighted by atomic mass is 9.85. The molecule has 0 bridgehead atoms. The van der Waals surface area contributed by atoms with Crippen LogP contribution in [0.5, 0.6) is 5.75 Å². The first-order valence-corrected chi connectivity index (χ1v) is 14.7. The van der Waals surface area contributed by atoms with Gasteiger partial charge in [0.1, 0.15) is 5.75 Å². The zero-order valence-electron chi connectivity index (χ0n) is 23.1. The molecule has 0 radical (unpaired) electrons. The summed E-state index contributed by atoms with van der Waals surface area (Å²) in [5, 5.41) is 0.958. The molecule has 1 aliphatic rings. The van der Waals surface area contributed by atoms with Gasteiger partial charge in [0.25, 0.3) is 15.9 Å². The summed E-state index contributed by atoms with van der Waals surface area (Å²) in [6, 6.07) is 9.51. The van der Waals surface area contributed by atoms with Crippen LogP contribution in [0.1, 0.15) is 71.8 Å². The van der Waals surface area contributed by atoms with Crippen LogP contribution < -0.4 is 4.74 Å². The highest BCUT2D eigenvalue weighted by molar-refractivity contribution is 7.89. The van der Waals surface area contributed by atoms with Crippen molar-refractivity contribution in [1.29, 1.82) is 0 Å². The Morgan fingerprint density at radius 2 is 1.66 bits per heavy atom. The van der Waals surface area contributed by atoms with E-state index < -0.39 is 21.5 Å². The Labute approximate surface area is 227 Å². The molecule has 0 spiro atoms. The highest BCUT2D eigenvalue weighted by atomic mass is 32.2. The van der Waals surface area contributed by atoms with Crippen molar-refractivity contribution in [1.82, 2.24) is 14.6 Å². The van der Waals surface area contributed by atoms with Crippen LogP contribution in [0.25, 0.3) is 0 Å². The molecule has 10 heteroatoms. The Morgan fingerprint density at radius 1 is 1.03 bits per heavy atom. The summed E-state index contributed by atoms with van der Waals surface area (Å²) < 4.78 is 40.1. The summed E-state index contributed by atoms with van der Waals surface area (Å²) in [6.45, 7) is 8.09. The molecule has 1 aromatic carbocycles. The maximum Gasteiger partial charge on any atom is 0.262 e. The summed E-state index contributed by atoms with van der Waals surface area (Å²) in [6.07, 6.45) is 8.04. The highest BCUT2D eigenvalue weighted by Crippen LogP contribution is 2.31. The number of pyridine rings is 1. The van der Waals surface area contributed by atoms with Crippen LogP contribution in [0.15, 0.2) is 53.7 Å². The van der Waals surface area contributed by atoms with E-state index in [1.165, 1.54) is 19.2 Å². The van der Waals surface area contributed by atoms with Crippen molar-refractivity contribution in [2.24, 2.45) is 5.92 Å². The second-order valence-corrected chi connectivity index (χ2v) is 12.4. The van der Waals surface area contributed by atoms with E-state index in [1.807, 2.05) is 0 Å². The standard InChI is InChI=1S/C28H41N3O6S/c1-6-19-36-25-9-7-22(8-10-25)20-27(32)31(37-28(2,3)4)30(21-23-15-17-29-18-16-23)38(33,34)26-13-11-24(35-5)12-14-26/h11-18,22,25H,6-10,19-21H2,1-5H3. The Bertz CT molecular complexity index is 1110. The fourth-order valence-electron chi connectivity index (χ4n) is 4.35.